The van der Waals surface area contributed by atoms with Gasteiger partial charge in [0.1, 0.15) is 0 Å². The van der Waals surface area contributed by atoms with Crippen LogP contribution in [-0.4, -0.2) is 35.6 Å². The smallest absolute Gasteiger partial charge is 0.0897 e. The molecule has 4 heteroatoms. The molecule has 1 saturated heterocycles. The minimum atomic E-state index is 0.674. The summed E-state index contributed by atoms with van der Waals surface area (Å²) in [5.74, 6) is 0. The molecule has 0 spiro atoms. The van der Waals surface area contributed by atoms with Crippen LogP contribution in [0.4, 0.5) is 0 Å². The molecule has 1 aliphatic rings. The van der Waals surface area contributed by atoms with Crippen molar-refractivity contribution in [3.63, 3.8) is 0 Å². The normalized spacial score (nSPS) is 23.2. The Bertz CT molecular complexity index is 311. The second-order valence-electron chi connectivity index (χ2n) is 4.14. The summed E-state index contributed by atoms with van der Waals surface area (Å²) in [5, 5.41) is 4.71. The topological polar surface area (TPSA) is 28.2 Å². The summed E-state index contributed by atoms with van der Waals surface area (Å²) in [5.41, 5.74) is 0. The third kappa shape index (κ3) is 3.00. The lowest BCUT2D eigenvalue weighted by Crippen LogP contribution is -2.49. The van der Waals surface area contributed by atoms with Gasteiger partial charge in [-0.1, -0.05) is 6.92 Å². The zero-order chi connectivity index (χ0) is 10.7. The van der Waals surface area contributed by atoms with Crippen LogP contribution in [0.1, 0.15) is 23.2 Å². The predicted octanol–water partition coefficient (Wildman–Crippen LogP) is 1.64. The molecule has 84 valence electrons. The second kappa shape index (κ2) is 5.05. The second-order valence-corrected chi connectivity index (χ2v) is 5.46. The molecule has 2 heterocycles. The number of hydrogen-bond donors (Lipinski definition) is 1. The van der Waals surface area contributed by atoms with Crippen LogP contribution >= 0.6 is 11.3 Å². The van der Waals surface area contributed by atoms with Crippen molar-refractivity contribution in [2.45, 2.75) is 32.9 Å². The minimum Gasteiger partial charge on any atom is -0.311 e. The van der Waals surface area contributed by atoms with Crippen molar-refractivity contribution in [1.29, 1.82) is 0 Å². The Morgan fingerprint density at radius 1 is 1.67 bits per heavy atom. The maximum absolute atomic E-state index is 4.30. The molecule has 1 fully saturated rings. The molecule has 1 aliphatic heterocycles. The number of nitrogens with zero attached hydrogens (tertiary/aromatic N) is 2. The van der Waals surface area contributed by atoms with Crippen LogP contribution < -0.4 is 5.32 Å². The maximum atomic E-state index is 4.30. The van der Waals surface area contributed by atoms with E-state index in [1.54, 1.807) is 0 Å². The van der Waals surface area contributed by atoms with Gasteiger partial charge < -0.3 is 5.32 Å². The highest BCUT2D eigenvalue weighted by molar-refractivity contribution is 7.11. The van der Waals surface area contributed by atoms with E-state index in [4.69, 9.17) is 0 Å². The number of aromatic nitrogens is 1. The fourth-order valence-electron chi connectivity index (χ4n) is 2.01. The number of piperazine rings is 1. The molecule has 1 aromatic heterocycles. The summed E-state index contributed by atoms with van der Waals surface area (Å²) in [7, 11) is 0. The third-order valence-electron chi connectivity index (χ3n) is 2.88. The molecule has 0 bridgehead atoms. The van der Waals surface area contributed by atoms with E-state index in [-0.39, 0.29) is 0 Å². The summed E-state index contributed by atoms with van der Waals surface area (Å²) in [4.78, 5) is 8.22. The predicted molar refractivity (Wildman–Crippen MR) is 64.2 cm³/mol. The number of rotatable bonds is 3. The van der Waals surface area contributed by atoms with Crippen molar-refractivity contribution in [3.05, 3.63) is 16.1 Å². The van der Waals surface area contributed by atoms with Crippen molar-refractivity contribution in [2.24, 2.45) is 0 Å². The zero-order valence-corrected chi connectivity index (χ0v) is 10.3. The van der Waals surface area contributed by atoms with Gasteiger partial charge in [0, 0.05) is 43.3 Å². The van der Waals surface area contributed by atoms with E-state index < -0.39 is 0 Å². The molecule has 1 N–H and O–H groups in total. The minimum absolute atomic E-state index is 0.674. The molecule has 1 aromatic rings. The first kappa shape index (κ1) is 11.0. The summed E-state index contributed by atoms with van der Waals surface area (Å²) >= 11 is 1.82. The van der Waals surface area contributed by atoms with Gasteiger partial charge in [0.05, 0.1) is 5.01 Å². The van der Waals surface area contributed by atoms with E-state index in [2.05, 4.69) is 29.0 Å². The van der Waals surface area contributed by atoms with Gasteiger partial charge in [-0.3, -0.25) is 4.90 Å². The molecular weight excluding hydrogens is 206 g/mol. The molecular formula is C11H19N3S. The Morgan fingerprint density at radius 3 is 3.20 bits per heavy atom. The van der Waals surface area contributed by atoms with Gasteiger partial charge >= 0.3 is 0 Å². The Kier molecular flexibility index (Phi) is 3.72. The highest BCUT2D eigenvalue weighted by Crippen LogP contribution is 2.15. The largest absolute Gasteiger partial charge is 0.311 e. The van der Waals surface area contributed by atoms with E-state index >= 15 is 0 Å². The van der Waals surface area contributed by atoms with Crippen molar-refractivity contribution < 1.29 is 0 Å². The maximum Gasteiger partial charge on any atom is 0.0897 e. The summed E-state index contributed by atoms with van der Waals surface area (Å²) in [6.07, 6.45) is 3.24. The van der Waals surface area contributed by atoms with Gasteiger partial charge in [-0.25, -0.2) is 4.98 Å². The Morgan fingerprint density at radius 2 is 2.53 bits per heavy atom. The first-order chi connectivity index (χ1) is 7.28. The van der Waals surface area contributed by atoms with Gasteiger partial charge in [0.15, 0.2) is 0 Å². The van der Waals surface area contributed by atoms with Crippen molar-refractivity contribution in [3.8, 4) is 0 Å². The first-order valence-corrected chi connectivity index (χ1v) is 6.46. The van der Waals surface area contributed by atoms with Gasteiger partial charge in [0.25, 0.3) is 0 Å². The van der Waals surface area contributed by atoms with Crippen molar-refractivity contribution >= 4 is 11.3 Å². The van der Waals surface area contributed by atoms with Crippen LogP contribution in [0.2, 0.25) is 0 Å². The molecule has 0 aromatic carbocycles. The van der Waals surface area contributed by atoms with E-state index in [0.717, 1.165) is 19.6 Å². The number of aryl methyl sites for hydroxylation is 1. The van der Waals surface area contributed by atoms with E-state index in [0.29, 0.717) is 6.04 Å². The quantitative estimate of drug-likeness (QED) is 0.847. The fourth-order valence-corrected chi connectivity index (χ4v) is 2.85. The van der Waals surface area contributed by atoms with Crippen LogP contribution in [0.15, 0.2) is 6.20 Å². The van der Waals surface area contributed by atoms with E-state index in [1.165, 1.54) is 22.9 Å². The summed E-state index contributed by atoms with van der Waals surface area (Å²) in [6.45, 7) is 8.85. The summed E-state index contributed by atoms with van der Waals surface area (Å²) < 4.78 is 0. The van der Waals surface area contributed by atoms with E-state index in [9.17, 15) is 0 Å². The van der Waals surface area contributed by atoms with Crippen molar-refractivity contribution in [1.82, 2.24) is 15.2 Å². The van der Waals surface area contributed by atoms with Crippen LogP contribution in [0.3, 0.4) is 0 Å². The molecule has 0 radical (unpaired) electrons. The molecule has 0 saturated carbocycles. The van der Waals surface area contributed by atoms with Crippen LogP contribution in [0.25, 0.3) is 0 Å². The lowest BCUT2D eigenvalue weighted by molar-refractivity contribution is 0.191. The number of thiazole rings is 1. The molecule has 15 heavy (non-hydrogen) atoms. The average Bonchev–Trinajstić information content (AvgIpc) is 2.64. The van der Waals surface area contributed by atoms with Crippen LogP contribution in [0.5, 0.6) is 0 Å². The fraction of sp³-hybridized carbons (Fsp3) is 0.727. The average molecular weight is 225 g/mol. The molecule has 1 atom stereocenters. The third-order valence-corrected chi connectivity index (χ3v) is 3.78. The van der Waals surface area contributed by atoms with E-state index in [1.807, 2.05) is 17.5 Å². The number of nitrogens with one attached hydrogen (secondary N) is 1. The number of hydrogen-bond acceptors (Lipinski definition) is 4. The van der Waals surface area contributed by atoms with Gasteiger partial charge in [-0.15, -0.1) is 11.3 Å². The van der Waals surface area contributed by atoms with Crippen molar-refractivity contribution in [2.75, 3.05) is 19.6 Å². The summed E-state index contributed by atoms with van der Waals surface area (Å²) in [6, 6.07) is 0.674. The van der Waals surface area contributed by atoms with Gasteiger partial charge in [-0.2, -0.15) is 0 Å². The Balaban J connectivity index is 1.88. The highest BCUT2D eigenvalue weighted by atomic mass is 32.1. The first-order valence-electron chi connectivity index (χ1n) is 5.65. The Hall–Kier alpha value is -0.450. The lowest BCUT2D eigenvalue weighted by Gasteiger charge is -2.32. The molecule has 1 unspecified atom stereocenters. The Labute approximate surface area is 95.5 Å². The SMILES string of the molecule is CCC1CN(Cc2cnc(C)s2)CCN1. The molecule has 2 rings (SSSR count). The molecule has 0 aliphatic carbocycles. The van der Waals surface area contributed by atoms with Crippen LogP contribution in [-0.2, 0) is 6.54 Å². The highest BCUT2D eigenvalue weighted by Gasteiger charge is 2.18. The lowest BCUT2D eigenvalue weighted by atomic mass is 10.1. The standard InChI is InChI=1S/C11H19N3S/c1-3-10-7-14(5-4-12-10)8-11-6-13-9(2)15-11/h6,10,12H,3-5,7-8H2,1-2H3. The molecule has 0 amide bonds. The monoisotopic (exact) mass is 225 g/mol. The molecule has 3 nitrogen and oxygen atoms in total. The zero-order valence-electron chi connectivity index (χ0n) is 9.49. The van der Waals surface area contributed by atoms with Crippen LogP contribution in [0, 0.1) is 6.92 Å². The van der Waals surface area contributed by atoms with Gasteiger partial charge in [-0.05, 0) is 13.3 Å². The van der Waals surface area contributed by atoms with Gasteiger partial charge in [0.2, 0.25) is 0 Å².